The van der Waals surface area contributed by atoms with Gasteiger partial charge < -0.3 is 34.8 Å². The molecule has 37 heavy (non-hydrogen) atoms. The molecule has 11 nitrogen and oxygen atoms in total. The van der Waals surface area contributed by atoms with Gasteiger partial charge >= 0.3 is 11.9 Å². The predicted molar refractivity (Wildman–Crippen MR) is 125 cm³/mol. The average molecular weight is 513 g/mol. The summed E-state index contributed by atoms with van der Waals surface area (Å²) in [5.41, 5.74) is -6.24. The summed E-state index contributed by atoms with van der Waals surface area (Å²) in [4.78, 5) is 42.4. The van der Waals surface area contributed by atoms with Crippen molar-refractivity contribution in [1.82, 2.24) is 9.47 Å². The van der Waals surface area contributed by atoms with E-state index in [4.69, 9.17) is 9.47 Å². The standard InChI is InChI=1S/C26H28N2O9/c1-27-10-9-24-14-4-6-17(29)26(24,37-22-16(36-2)5-3-13(21(22)24)11-15(14)27)25(23(34)35,12-20(32)33)28-18(30)7-8-19(28)31/h3-8,13-15,21,30-31H,9-12H2,1-2H3,(H,32,33)(H,34,35)/t13?,14-,15+,21?,24-,25+,26-/m0/s1. The molecule has 2 saturated heterocycles. The molecule has 1 spiro atoms. The average Bonchev–Trinajstić information content (AvgIpc) is 3.36. The second kappa shape index (κ2) is 7.41. The van der Waals surface area contributed by atoms with Gasteiger partial charge in [0.05, 0.1) is 13.5 Å². The molecule has 3 aliphatic carbocycles. The second-order valence-electron chi connectivity index (χ2n) is 10.7. The third kappa shape index (κ3) is 2.48. The smallest absolute Gasteiger partial charge is 0.335 e. The van der Waals surface area contributed by atoms with Crippen molar-refractivity contribution in [2.75, 3.05) is 20.7 Å². The van der Waals surface area contributed by atoms with Crippen molar-refractivity contribution in [3.05, 3.63) is 48.0 Å². The summed E-state index contributed by atoms with van der Waals surface area (Å²) in [6.07, 6.45) is 6.74. The molecule has 2 aliphatic heterocycles. The lowest BCUT2D eigenvalue weighted by Crippen LogP contribution is -2.77. The van der Waals surface area contributed by atoms with Gasteiger partial charge in [-0.25, -0.2) is 4.79 Å². The van der Waals surface area contributed by atoms with Crippen LogP contribution in [0.2, 0.25) is 0 Å². The van der Waals surface area contributed by atoms with E-state index in [2.05, 4.69) is 4.90 Å². The van der Waals surface area contributed by atoms with Gasteiger partial charge in [-0.2, -0.15) is 0 Å². The van der Waals surface area contributed by atoms with Crippen molar-refractivity contribution in [2.24, 2.45) is 23.2 Å². The van der Waals surface area contributed by atoms with Gasteiger partial charge in [0.25, 0.3) is 0 Å². The van der Waals surface area contributed by atoms with Crippen molar-refractivity contribution < 1.29 is 44.3 Å². The molecule has 2 unspecified atom stereocenters. The molecule has 3 heterocycles. The Kier molecular flexibility index (Phi) is 4.74. The van der Waals surface area contributed by atoms with Gasteiger partial charge in [0.2, 0.25) is 16.9 Å². The molecule has 0 radical (unpaired) electrons. The molecule has 4 N–H and O–H groups in total. The zero-order valence-electron chi connectivity index (χ0n) is 20.3. The molecule has 3 fully saturated rings. The lowest BCUT2D eigenvalue weighted by Gasteiger charge is -2.64. The van der Waals surface area contributed by atoms with Crippen LogP contribution >= 0.6 is 0 Å². The molecule has 6 rings (SSSR count). The number of carboxylic acids is 2. The van der Waals surface area contributed by atoms with E-state index in [1.807, 2.05) is 13.1 Å². The van der Waals surface area contributed by atoms with E-state index in [1.54, 1.807) is 12.2 Å². The van der Waals surface area contributed by atoms with E-state index in [-0.39, 0.29) is 17.9 Å². The van der Waals surface area contributed by atoms with E-state index in [9.17, 15) is 34.8 Å². The molecule has 1 saturated carbocycles. The van der Waals surface area contributed by atoms with Crippen LogP contribution in [0.15, 0.2) is 48.0 Å². The first-order valence-corrected chi connectivity index (χ1v) is 12.2. The van der Waals surface area contributed by atoms with Crippen molar-refractivity contribution >= 4 is 17.7 Å². The van der Waals surface area contributed by atoms with Gasteiger partial charge in [0.15, 0.2) is 17.5 Å². The highest BCUT2D eigenvalue weighted by Crippen LogP contribution is 2.74. The molecule has 0 amide bonds. The zero-order chi connectivity index (χ0) is 26.5. The number of ketones is 1. The molecule has 11 heteroatoms. The highest BCUT2D eigenvalue weighted by Gasteiger charge is 2.85. The Morgan fingerprint density at radius 3 is 2.51 bits per heavy atom. The molecule has 2 bridgehead atoms. The number of rotatable bonds is 6. The summed E-state index contributed by atoms with van der Waals surface area (Å²) < 4.78 is 12.9. The first-order chi connectivity index (χ1) is 17.6. The van der Waals surface area contributed by atoms with Crippen LogP contribution in [0, 0.1) is 23.2 Å². The van der Waals surface area contributed by atoms with Crippen LogP contribution < -0.4 is 0 Å². The number of carbonyl (C=O) groups excluding carboxylic acids is 1. The molecule has 196 valence electrons. The normalized spacial score (nSPS) is 37.1. The van der Waals surface area contributed by atoms with Gasteiger partial charge in [0.1, 0.15) is 5.76 Å². The quantitative estimate of drug-likeness (QED) is 0.439. The van der Waals surface area contributed by atoms with Crippen LogP contribution in [0.1, 0.15) is 19.3 Å². The van der Waals surface area contributed by atoms with Crippen LogP contribution in [-0.4, -0.2) is 80.0 Å². The van der Waals surface area contributed by atoms with E-state index in [0.29, 0.717) is 29.1 Å². The number of likely N-dealkylation sites (tertiary alicyclic amines) is 1. The minimum atomic E-state index is -2.73. The number of hydrogen-bond acceptors (Lipinski definition) is 8. The first-order valence-electron chi connectivity index (χ1n) is 12.2. The molecule has 5 aliphatic rings. The van der Waals surface area contributed by atoms with Crippen LogP contribution in [0.3, 0.4) is 0 Å². The SMILES string of the molecule is COC1=C2O[C@@]3([C@@](CC(=O)O)(C(=O)O)n4c(O)ccc4O)C(=O)C=C[C@H]4[C@H]5CC(C=C1)C2[C@]43CCN5C. The predicted octanol–water partition coefficient (Wildman–Crippen LogP) is 1.43. The zero-order valence-corrected chi connectivity index (χ0v) is 20.3. The monoisotopic (exact) mass is 512 g/mol. The molecule has 1 aromatic rings. The lowest BCUT2D eigenvalue weighted by molar-refractivity contribution is -0.213. The van der Waals surface area contributed by atoms with Gasteiger partial charge in [-0.3, -0.25) is 14.2 Å². The Bertz CT molecular complexity index is 1310. The number of allylic oxidation sites excluding steroid dienone is 3. The molecular weight excluding hydrogens is 484 g/mol. The van der Waals surface area contributed by atoms with E-state index in [0.717, 1.165) is 18.6 Å². The lowest BCUT2D eigenvalue weighted by atomic mass is 9.41. The van der Waals surface area contributed by atoms with Crippen molar-refractivity contribution in [1.29, 1.82) is 0 Å². The van der Waals surface area contributed by atoms with E-state index < -0.39 is 58.4 Å². The Morgan fingerprint density at radius 1 is 1.19 bits per heavy atom. The van der Waals surface area contributed by atoms with Crippen LogP contribution in [-0.2, 0) is 29.4 Å². The maximum Gasteiger partial charge on any atom is 0.335 e. The number of carboxylic acid groups (broad SMARTS) is 2. The highest BCUT2D eigenvalue weighted by molar-refractivity contribution is 6.06. The molecule has 0 aromatic carbocycles. The van der Waals surface area contributed by atoms with E-state index in [1.165, 1.54) is 13.2 Å². The Labute approximate surface area is 211 Å². The minimum Gasteiger partial charge on any atom is -0.494 e. The molecule has 1 aromatic heterocycles. The highest BCUT2D eigenvalue weighted by atomic mass is 16.5. The third-order valence-electron chi connectivity index (χ3n) is 9.48. The number of nitrogens with zero attached hydrogens (tertiary/aromatic N) is 2. The Morgan fingerprint density at radius 2 is 1.89 bits per heavy atom. The molecule has 7 atom stereocenters. The number of hydrogen-bond donors (Lipinski definition) is 4. The number of carbonyl (C=O) groups is 3. The van der Waals surface area contributed by atoms with Crippen molar-refractivity contribution in [3.63, 3.8) is 0 Å². The van der Waals surface area contributed by atoms with Gasteiger partial charge in [-0.15, -0.1) is 0 Å². The number of aromatic nitrogens is 1. The third-order valence-corrected chi connectivity index (χ3v) is 9.48. The summed E-state index contributed by atoms with van der Waals surface area (Å²) in [6.45, 7) is 0.516. The number of methoxy groups -OCH3 is 1. The van der Waals surface area contributed by atoms with Crippen LogP contribution in [0.25, 0.3) is 0 Å². The summed E-state index contributed by atoms with van der Waals surface area (Å²) >= 11 is 0. The summed E-state index contributed by atoms with van der Waals surface area (Å²) in [7, 11) is 3.43. The van der Waals surface area contributed by atoms with Gasteiger partial charge in [-0.05, 0) is 44.5 Å². The second-order valence-corrected chi connectivity index (χ2v) is 10.7. The van der Waals surface area contributed by atoms with Crippen molar-refractivity contribution in [3.8, 4) is 11.8 Å². The van der Waals surface area contributed by atoms with E-state index >= 15 is 0 Å². The number of piperidine rings is 1. The fourth-order valence-electron chi connectivity index (χ4n) is 8.30. The van der Waals surface area contributed by atoms with Crippen molar-refractivity contribution in [2.45, 2.75) is 36.4 Å². The number of aliphatic carboxylic acids is 2. The maximum absolute atomic E-state index is 14.3. The summed E-state index contributed by atoms with van der Waals surface area (Å²) in [6, 6.07) is 2.06. The Hall–Kier alpha value is -3.73. The topological polar surface area (TPSA) is 159 Å². The minimum absolute atomic E-state index is 0.0707. The first kappa shape index (κ1) is 23.7. The number of aromatic hydroxyl groups is 2. The maximum atomic E-state index is 14.3. The number of ether oxygens (including phenoxy) is 2. The fourth-order valence-corrected chi connectivity index (χ4v) is 8.30. The van der Waals surface area contributed by atoms with Gasteiger partial charge in [0, 0.05) is 35.4 Å². The van der Waals surface area contributed by atoms with Gasteiger partial charge in [-0.1, -0.05) is 12.2 Å². The largest absolute Gasteiger partial charge is 0.494 e. The van der Waals surface area contributed by atoms with Crippen LogP contribution in [0.5, 0.6) is 11.8 Å². The summed E-state index contributed by atoms with van der Waals surface area (Å²) in [5, 5.41) is 42.7. The fraction of sp³-hybridized carbons (Fsp3) is 0.500. The summed E-state index contributed by atoms with van der Waals surface area (Å²) in [5.74, 6) is -5.66. The Balaban J connectivity index is 1.78. The molecular formula is C26H28N2O9. The van der Waals surface area contributed by atoms with Crippen LogP contribution in [0.4, 0.5) is 0 Å².